The van der Waals surface area contributed by atoms with Gasteiger partial charge in [-0.05, 0) is 54.1 Å². The first-order valence-electron chi connectivity index (χ1n) is 11.1. The number of carboxylic acids is 1. The average molecular weight is 521 g/mol. The number of ether oxygens (including phenoxy) is 2. The Morgan fingerprint density at radius 3 is 2.22 bits per heavy atom. The van der Waals surface area contributed by atoms with Crippen molar-refractivity contribution in [2.24, 2.45) is 0 Å². The average Bonchev–Trinajstić information content (AvgIpc) is 2.84. The van der Waals surface area contributed by atoms with E-state index in [0.29, 0.717) is 23.1 Å². The molecule has 1 atom stereocenters. The summed E-state index contributed by atoms with van der Waals surface area (Å²) in [6.07, 6.45) is -1.07. The van der Waals surface area contributed by atoms with Crippen molar-refractivity contribution in [2.75, 3.05) is 37.5 Å². The van der Waals surface area contributed by atoms with E-state index in [1.165, 1.54) is 0 Å². The number of urea groups is 1. The van der Waals surface area contributed by atoms with Crippen LogP contribution >= 0.6 is 0 Å². The predicted molar refractivity (Wildman–Crippen MR) is 129 cm³/mol. The summed E-state index contributed by atoms with van der Waals surface area (Å²) in [4.78, 5) is 25.3. The smallest absolute Gasteiger partial charge is 0.546 e. The standard InChI is InChI=1S/C26H27F2N3O5.Na/c1-31(2)19-6-10-21(11-7-19)36-24(25(32)33)15-17-3-8-20(9-4-17)35-14-13-29-26(34)30-23-12-5-18(27)16-22(23)28;/h3-12,16,24H,13-15H2,1-2H3,(H,32,33)(H2,29,30,34);/q;+1/p-1. The van der Waals surface area contributed by atoms with Gasteiger partial charge in [0, 0.05) is 32.3 Å². The summed E-state index contributed by atoms with van der Waals surface area (Å²) in [6.45, 7) is 0.260. The van der Waals surface area contributed by atoms with Crippen molar-refractivity contribution in [3.63, 3.8) is 0 Å². The molecule has 0 bridgehead atoms. The van der Waals surface area contributed by atoms with Crippen molar-refractivity contribution in [1.29, 1.82) is 0 Å². The van der Waals surface area contributed by atoms with Gasteiger partial charge in [0.15, 0.2) is 0 Å². The van der Waals surface area contributed by atoms with Crippen LogP contribution in [0.25, 0.3) is 0 Å². The summed E-state index contributed by atoms with van der Waals surface area (Å²) < 4.78 is 37.6. The zero-order chi connectivity index (χ0) is 26.1. The molecule has 0 aliphatic heterocycles. The Balaban J connectivity index is 0.00000481. The first kappa shape index (κ1) is 29.9. The van der Waals surface area contributed by atoms with Gasteiger partial charge < -0.3 is 34.9 Å². The Kier molecular flexibility index (Phi) is 11.6. The van der Waals surface area contributed by atoms with Crippen LogP contribution in [0.5, 0.6) is 11.5 Å². The van der Waals surface area contributed by atoms with E-state index in [4.69, 9.17) is 9.47 Å². The van der Waals surface area contributed by atoms with Gasteiger partial charge in [-0.1, -0.05) is 12.1 Å². The van der Waals surface area contributed by atoms with Gasteiger partial charge in [0.05, 0.1) is 18.2 Å². The fourth-order valence-corrected chi connectivity index (χ4v) is 3.19. The second-order valence-corrected chi connectivity index (χ2v) is 8.02. The molecule has 1 unspecified atom stereocenters. The molecular formula is C26H26F2N3NaO5. The quantitative estimate of drug-likeness (QED) is 0.272. The molecule has 0 aliphatic carbocycles. The normalized spacial score (nSPS) is 11.0. The van der Waals surface area contributed by atoms with Crippen LogP contribution in [-0.4, -0.2) is 45.4 Å². The third kappa shape index (κ3) is 9.56. The molecule has 3 rings (SSSR count). The summed E-state index contributed by atoms with van der Waals surface area (Å²) in [5, 5.41) is 16.4. The minimum absolute atomic E-state index is 0. The molecule has 2 amide bonds. The maximum Gasteiger partial charge on any atom is 1.00 e. The summed E-state index contributed by atoms with van der Waals surface area (Å²) in [5.74, 6) is -2.01. The number of aliphatic carboxylic acids is 1. The summed E-state index contributed by atoms with van der Waals surface area (Å²) in [7, 11) is 3.80. The molecule has 190 valence electrons. The number of hydrogen-bond acceptors (Lipinski definition) is 6. The molecule has 0 saturated carbocycles. The topological polar surface area (TPSA) is 103 Å². The van der Waals surface area contributed by atoms with Crippen molar-refractivity contribution >= 4 is 23.4 Å². The molecule has 0 aliphatic rings. The van der Waals surface area contributed by atoms with Crippen LogP contribution in [0.2, 0.25) is 0 Å². The van der Waals surface area contributed by atoms with Gasteiger partial charge in [0.25, 0.3) is 0 Å². The number of rotatable bonds is 11. The van der Waals surface area contributed by atoms with E-state index in [9.17, 15) is 23.5 Å². The maximum absolute atomic E-state index is 13.6. The number of nitrogens with zero attached hydrogens (tertiary/aromatic N) is 1. The molecule has 0 saturated heterocycles. The molecule has 2 N–H and O–H groups in total. The van der Waals surface area contributed by atoms with E-state index < -0.39 is 29.7 Å². The van der Waals surface area contributed by atoms with E-state index in [2.05, 4.69) is 10.6 Å². The number of benzene rings is 3. The monoisotopic (exact) mass is 521 g/mol. The van der Waals surface area contributed by atoms with Gasteiger partial charge in [-0.15, -0.1) is 0 Å². The molecule has 0 fully saturated rings. The number of amides is 2. The van der Waals surface area contributed by atoms with Gasteiger partial charge >= 0.3 is 35.6 Å². The third-order valence-electron chi connectivity index (χ3n) is 5.07. The zero-order valence-corrected chi connectivity index (χ0v) is 22.8. The predicted octanol–water partition coefficient (Wildman–Crippen LogP) is -0.0247. The third-order valence-corrected chi connectivity index (χ3v) is 5.07. The SMILES string of the molecule is CN(C)c1ccc(OC(Cc2ccc(OCCNC(=O)Nc3ccc(F)cc3F)cc2)C(=O)[O-])cc1.[Na+]. The summed E-state index contributed by atoms with van der Waals surface area (Å²) >= 11 is 0. The van der Waals surface area contributed by atoms with Crippen LogP contribution in [0.3, 0.4) is 0 Å². The molecule has 0 radical (unpaired) electrons. The van der Waals surface area contributed by atoms with E-state index >= 15 is 0 Å². The van der Waals surface area contributed by atoms with Crippen LogP contribution in [0.15, 0.2) is 66.7 Å². The van der Waals surface area contributed by atoms with E-state index in [0.717, 1.165) is 17.8 Å². The summed E-state index contributed by atoms with van der Waals surface area (Å²) in [6, 6.07) is 16.0. The number of carbonyl (C=O) groups excluding carboxylic acids is 2. The van der Waals surface area contributed by atoms with Crippen molar-refractivity contribution in [3.8, 4) is 11.5 Å². The molecule has 3 aromatic rings. The fourth-order valence-electron chi connectivity index (χ4n) is 3.19. The van der Waals surface area contributed by atoms with Gasteiger partial charge in [-0.2, -0.15) is 0 Å². The molecule has 8 nitrogen and oxygen atoms in total. The molecule has 37 heavy (non-hydrogen) atoms. The first-order chi connectivity index (χ1) is 17.2. The van der Waals surface area contributed by atoms with Crippen molar-refractivity contribution in [3.05, 3.63) is 83.9 Å². The van der Waals surface area contributed by atoms with Crippen LogP contribution in [0.1, 0.15) is 5.56 Å². The molecule has 0 spiro atoms. The number of anilines is 2. The number of carbonyl (C=O) groups is 2. The fraction of sp³-hybridized carbons (Fsp3) is 0.231. The molecule has 0 heterocycles. The Bertz CT molecular complexity index is 1180. The Labute approximate surface area is 235 Å². The Morgan fingerprint density at radius 2 is 1.62 bits per heavy atom. The molecule has 11 heteroatoms. The van der Waals surface area contributed by atoms with Crippen molar-refractivity contribution < 1.29 is 62.5 Å². The van der Waals surface area contributed by atoms with Gasteiger partial charge in [0.1, 0.15) is 35.8 Å². The van der Waals surface area contributed by atoms with Gasteiger partial charge in [-0.25, -0.2) is 13.6 Å². The zero-order valence-electron chi connectivity index (χ0n) is 20.8. The van der Waals surface area contributed by atoms with Gasteiger partial charge in [-0.3, -0.25) is 0 Å². The van der Waals surface area contributed by atoms with Crippen LogP contribution in [0, 0.1) is 11.6 Å². The van der Waals surface area contributed by atoms with Gasteiger partial charge in [0.2, 0.25) is 0 Å². The van der Waals surface area contributed by atoms with Crippen molar-refractivity contribution in [2.45, 2.75) is 12.5 Å². The van der Waals surface area contributed by atoms with Crippen LogP contribution in [0.4, 0.5) is 25.0 Å². The Hall–Kier alpha value is -3.34. The number of carboxylic acid groups (broad SMARTS) is 1. The van der Waals surface area contributed by atoms with Crippen LogP contribution < -0.4 is 59.7 Å². The second-order valence-electron chi connectivity index (χ2n) is 8.02. The van der Waals surface area contributed by atoms with E-state index in [1.807, 2.05) is 31.1 Å². The number of hydrogen-bond donors (Lipinski definition) is 2. The maximum atomic E-state index is 13.6. The number of halogens is 2. The minimum Gasteiger partial charge on any atom is -0.546 e. The first-order valence-corrected chi connectivity index (χ1v) is 11.1. The van der Waals surface area contributed by atoms with Crippen LogP contribution in [-0.2, 0) is 11.2 Å². The molecule has 0 aromatic heterocycles. The van der Waals surface area contributed by atoms with E-state index in [-0.39, 0.29) is 54.8 Å². The minimum atomic E-state index is -1.32. The second kappa shape index (κ2) is 14.4. The summed E-state index contributed by atoms with van der Waals surface area (Å²) in [5.41, 5.74) is 1.52. The van der Waals surface area contributed by atoms with E-state index in [1.54, 1.807) is 36.4 Å². The van der Waals surface area contributed by atoms with Crippen molar-refractivity contribution in [1.82, 2.24) is 5.32 Å². The largest absolute Gasteiger partial charge is 1.00 e. The number of nitrogens with one attached hydrogen (secondary N) is 2. The Morgan fingerprint density at radius 1 is 0.973 bits per heavy atom. The molecular weight excluding hydrogens is 495 g/mol. The molecule has 3 aromatic carbocycles.